The lowest BCUT2D eigenvalue weighted by Gasteiger charge is -2.05. The van der Waals surface area contributed by atoms with E-state index in [2.05, 4.69) is 9.98 Å². The standard InChI is InChI=1S/C13H14N2O2/c1-16-12-6-11(7-13(8-12)17-2)15-9-10-4-3-5-14-10/h3-9,14H,1-2H3. The summed E-state index contributed by atoms with van der Waals surface area (Å²) in [6.45, 7) is 0. The number of ether oxygens (including phenoxy) is 2. The topological polar surface area (TPSA) is 46.6 Å². The van der Waals surface area contributed by atoms with Crippen LogP contribution in [0.5, 0.6) is 11.5 Å². The molecule has 17 heavy (non-hydrogen) atoms. The molecule has 88 valence electrons. The van der Waals surface area contributed by atoms with E-state index in [-0.39, 0.29) is 0 Å². The fraction of sp³-hybridized carbons (Fsp3) is 0.154. The maximum atomic E-state index is 5.17. The molecule has 0 amide bonds. The lowest BCUT2D eigenvalue weighted by atomic mass is 10.3. The number of aromatic amines is 1. The predicted molar refractivity (Wildman–Crippen MR) is 67.6 cm³/mol. The zero-order valence-corrected chi connectivity index (χ0v) is 9.81. The molecular weight excluding hydrogens is 216 g/mol. The highest BCUT2D eigenvalue weighted by atomic mass is 16.5. The van der Waals surface area contributed by atoms with Gasteiger partial charge in [-0.15, -0.1) is 0 Å². The monoisotopic (exact) mass is 230 g/mol. The van der Waals surface area contributed by atoms with Crippen molar-refractivity contribution in [2.75, 3.05) is 14.2 Å². The number of benzene rings is 1. The summed E-state index contributed by atoms with van der Waals surface area (Å²) in [5.74, 6) is 1.45. The molecule has 0 bridgehead atoms. The van der Waals surface area contributed by atoms with E-state index >= 15 is 0 Å². The van der Waals surface area contributed by atoms with Gasteiger partial charge in [-0.25, -0.2) is 0 Å². The molecule has 0 saturated heterocycles. The Balaban J connectivity index is 2.25. The third-order valence-electron chi connectivity index (χ3n) is 2.31. The van der Waals surface area contributed by atoms with Gasteiger partial charge in [0.2, 0.25) is 0 Å². The van der Waals surface area contributed by atoms with Crippen molar-refractivity contribution in [3.8, 4) is 11.5 Å². The summed E-state index contributed by atoms with van der Waals surface area (Å²) in [6, 6.07) is 9.38. The molecule has 1 aromatic heterocycles. The summed E-state index contributed by atoms with van der Waals surface area (Å²) in [5, 5.41) is 0. The highest BCUT2D eigenvalue weighted by Gasteiger charge is 2.00. The van der Waals surface area contributed by atoms with Gasteiger partial charge in [-0.05, 0) is 12.1 Å². The normalized spacial score (nSPS) is 10.7. The molecule has 1 N–H and O–H groups in total. The van der Waals surface area contributed by atoms with E-state index in [9.17, 15) is 0 Å². The average Bonchev–Trinajstić information content (AvgIpc) is 2.89. The van der Waals surface area contributed by atoms with Crippen LogP contribution in [0, 0.1) is 0 Å². The van der Waals surface area contributed by atoms with E-state index in [1.807, 2.05) is 36.5 Å². The highest BCUT2D eigenvalue weighted by molar-refractivity contribution is 5.79. The van der Waals surface area contributed by atoms with Crippen LogP contribution < -0.4 is 9.47 Å². The lowest BCUT2D eigenvalue weighted by Crippen LogP contribution is -1.86. The number of methoxy groups -OCH3 is 2. The Morgan fingerprint density at radius 2 is 1.82 bits per heavy atom. The first-order chi connectivity index (χ1) is 8.31. The Kier molecular flexibility index (Phi) is 3.45. The second-order valence-electron chi connectivity index (χ2n) is 3.45. The molecule has 0 radical (unpaired) electrons. The fourth-order valence-corrected chi connectivity index (χ4v) is 1.44. The minimum Gasteiger partial charge on any atom is -0.497 e. The zero-order valence-electron chi connectivity index (χ0n) is 9.81. The Bertz CT molecular complexity index is 482. The smallest absolute Gasteiger partial charge is 0.124 e. The van der Waals surface area contributed by atoms with Crippen LogP contribution in [-0.4, -0.2) is 25.4 Å². The second-order valence-corrected chi connectivity index (χ2v) is 3.45. The van der Waals surface area contributed by atoms with Gasteiger partial charge < -0.3 is 14.5 Å². The van der Waals surface area contributed by atoms with Crippen molar-refractivity contribution in [2.45, 2.75) is 0 Å². The van der Waals surface area contributed by atoms with Crippen molar-refractivity contribution in [3.05, 3.63) is 42.2 Å². The number of nitrogens with zero attached hydrogens (tertiary/aromatic N) is 1. The average molecular weight is 230 g/mol. The van der Waals surface area contributed by atoms with Crippen molar-refractivity contribution in [2.24, 2.45) is 4.99 Å². The lowest BCUT2D eigenvalue weighted by molar-refractivity contribution is 0.394. The minimum absolute atomic E-state index is 0.725. The Labute approximate surface area is 99.9 Å². The summed E-state index contributed by atoms with van der Waals surface area (Å²) >= 11 is 0. The quantitative estimate of drug-likeness (QED) is 0.821. The first kappa shape index (κ1) is 11.3. The summed E-state index contributed by atoms with van der Waals surface area (Å²) in [7, 11) is 3.24. The van der Waals surface area contributed by atoms with Crippen molar-refractivity contribution in [1.29, 1.82) is 0 Å². The van der Waals surface area contributed by atoms with Crippen LogP contribution >= 0.6 is 0 Å². The largest absolute Gasteiger partial charge is 0.497 e. The predicted octanol–water partition coefficient (Wildman–Crippen LogP) is 2.78. The van der Waals surface area contributed by atoms with Crippen molar-refractivity contribution in [1.82, 2.24) is 4.98 Å². The molecule has 0 aliphatic rings. The molecule has 2 aromatic rings. The van der Waals surface area contributed by atoms with E-state index < -0.39 is 0 Å². The highest BCUT2D eigenvalue weighted by Crippen LogP contribution is 2.27. The van der Waals surface area contributed by atoms with Crippen LogP contribution in [0.2, 0.25) is 0 Å². The van der Waals surface area contributed by atoms with E-state index in [0.717, 1.165) is 22.9 Å². The minimum atomic E-state index is 0.725. The number of aromatic nitrogens is 1. The molecule has 0 spiro atoms. The van der Waals surface area contributed by atoms with Crippen molar-refractivity contribution >= 4 is 11.9 Å². The summed E-state index contributed by atoms with van der Waals surface area (Å²) in [4.78, 5) is 7.40. The second kappa shape index (κ2) is 5.21. The molecular formula is C13H14N2O2. The molecule has 0 atom stereocenters. The van der Waals surface area contributed by atoms with Crippen LogP contribution in [-0.2, 0) is 0 Å². The number of hydrogen-bond acceptors (Lipinski definition) is 3. The van der Waals surface area contributed by atoms with Gasteiger partial charge in [0.15, 0.2) is 0 Å². The molecule has 0 saturated carbocycles. The van der Waals surface area contributed by atoms with Gasteiger partial charge in [0.05, 0.1) is 31.8 Å². The van der Waals surface area contributed by atoms with Crippen molar-refractivity contribution in [3.63, 3.8) is 0 Å². The number of aliphatic imine (C=N–C) groups is 1. The van der Waals surface area contributed by atoms with E-state index in [4.69, 9.17) is 9.47 Å². The third-order valence-corrected chi connectivity index (χ3v) is 2.31. The van der Waals surface area contributed by atoms with Gasteiger partial charge in [-0.3, -0.25) is 4.99 Å². The van der Waals surface area contributed by atoms with Gasteiger partial charge in [0, 0.05) is 24.4 Å². The van der Waals surface area contributed by atoms with Crippen LogP contribution in [0.25, 0.3) is 0 Å². The maximum Gasteiger partial charge on any atom is 0.124 e. The fourth-order valence-electron chi connectivity index (χ4n) is 1.44. The zero-order chi connectivity index (χ0) is 12.1. The molecule has 0 fully saturated rings. The Morgan fingerprint density at radius 3 is 2.35 bits per heavy atom. The molecule has 1 aromatic carbocycles. The first-order valence-electron chi connectivity index (χ1n) is 5.22. The molecule has 1 heterocycles. The maximum absolute atomic E-state index is 5.17. The van der Waals surface area contributed by atoms with Crippen LogP contribution in [0.4, 0.5) is 5.69 Å². The first-order valence-corrected chi connectivity index (χ1v) is 5.22. The molecule has 0 aliphatic carbocycles. The van der Waals surface area contributed by atoms with Gasteiger partial charge >= 0.3 is 0 Å². The summed E-state index contributed by atoms with van der Waals surface area (Å²) in [6.07, 6.45) is 3.61. The van der Waals surface area contributed by atoms with Gasteiger partial charge in [0.1, 0.15) is 11.5 Å². The molecule has 2 rings (SSSR count). The van der Waals surface area contributed by atoms with Gasteiger partial charge in [-0.1, -0.05) is 0 Å². The summed E-state index contributed by atoms with van der Waals surface area (Å²) < 4.78 is 10.3. The van der Waals surface area contributed by atoms with E-state index in [1.54, 1.807) is 20.4 Å². The van der Waals surface area contributed by atoms with Gasteiger partial charge in [-0.2, -0.15) is 0 Å². The SMILES string of the molecule is COc1cc(N=Cc2ccc[nH]2)cc(OC)c1. The number of nitrogens with one attached hydrogen (secondary N) is 1. The molecule has 0 unspecified atom stereocenters. The van der Waals surface area contributed by atoms with Gasteiger partial charge in [0.25, 0.3) is 0 Å². The van der Waals surface area contributed by atoms with Crippen LogP contribution in [0.15, 0.2) is 41.5 Å². The number of H-pyrrole nitrogens is 1. The molecule has 0 aliphatic heterocycles. The molecule has 4 heteroatoms. The third kappa shape index (κ3) is 2.87. The van der Waals surface area contributed by atoms with E-state index in [1.165, 1.54) is 0 Å². The van der Waals surface area contributed by atoms with Crippen LogP contribution in [0.3, 0.4) is 0 Å². The number of hydrogen-bond donors (Lipinski definition) is 1. The Morgan fingerprint density at radius 1 is 1.12 bits per heavy atom. The number of rotatable bonds is 4. The Hall–Kier alpha value is -2.23. The van der Waals surface area contributed by atoms with Crippen LogP contribution in [0.1, 0.15) is 5.69 Å². The van der Waals surface area contributed by atoms with E-state index in [0.29, 0.717) is 0 Å². The van der Waals surface area contributed by atoms with Crippen molar-refractivity contribution < 1.29 is 9.47 Å². The molecule has 4 nitrogen and oxygen atoms in total. The summed E-state index contributed by atoms with van der Waals surface area (Å²) in [5.41, 5.74) is 1.74.